The third kappa shape index (κ3) is 7.13. The summed E-state index contributed by atoms with van der Waals surface area (Å²) in [5, 5.41) is -0.106. The van der Waals surface area contributed by atoms with Gasteiger partial charge < -0.3 is 9.31 Å². The van der Waals surface area contributed by atoms with E-state index in [1.165, 1.54) is 0 Å². The Morgan fingerprint density at radius 1 is 1.00 bits per heavy atom. The third-order valence-corrected chi connectivity index (χ3v) is 2.85. The Balaban J connectivity index is 0. The molecule has 0 bridgehead atoms. The van der Waals surface area contributed by atoms with Crippen LogP contribution in [-0.2, 0) is 9.31 Å². The molecule has 0 N–H and O–H groups in total. The topological polar surface area (TPSA) is 18.5 Å². The summed E-state index contributed by atoms with van der Waals surface area (Å²) >= 11 is 5.35. The minimum atomic E-state index is -0.543. The zero-order chi connectivity index (χ0) is 13.1. The molecular formula is C11H25BClLiO2Sn. The van der Waals surface area contributed by atoms with Crippen molar-refractivity contribution in [3.8, 4) is 0 Å². The average molecular weight is 361 g/mol. The molecule has 2 radical (unpaired) electrons. The van der Waals surface area contributed by atoms with Crippen molar-refractivity contribution in [1.82, 2.24) is 0 Å². The molecule has 1 heterocycles. The molecule has 17 heavy (non-hydrogen) atoms. The van der Waals surface area contributed by atoms with Gasteiger partial charge in [0.25, 0.3) is 0 Å². The van der Waals surface area contributed by atoms with Crippen LogP contribution in [0.15, 0.2) is 0 Å². The van der Waals surface area contributed by atoms with Crippen molar-refractivity contribution < 1.29 is 28.2 Å². The molecule has 0 aromatic carbocycles. The first kappa shape index (κ1) is 21.0. The predicted octanol–water partition coefficient (Wildman–Crippen LogP) is 0.620. The Labute approximate surface area is 132 Å². The van der Waals surface area contributed by atoms with Crippen molar-refractivity contribution in [3.63, 3.8) is 0 Å². The Bertz CT molecular complexity index is 207. The van der Waals surface area contributed by atoms with Gasteiger partial charge in [-0.2, -0.15) is 11.6 Å². The maximum atomic E-state index is 5.89. The summed E-state index contributed by atoms with van der Waals surface area (Å²) in [6.07, 6.45) is 0. The van der Waals surface area contributed by atoms with Crippen molar-refractivity contribution in [3.05, 3.63) is 0 Å². The van der Waals surface area contributed by atoms with Gasteiger partial charge in [0.15, 0.2) is 7.12 Å². The maximum Gasteiger partial charge on any atom is 1.00 e. The Morgan fingerprint density at radius 2 is 1.24 bits per heavy atom. The predicted molar refractivity (Wildman–Crippen MR) is 74.7 cm³/mol. The summed E-state index contributed by atoms with van der Waals surface area (Å²) in [5.74, 6) is 0. The second kappa shape index (κ2) is 8.07. The molecule has 1 rings (SSSR count). The van der Waals surface area contributed by atoms with E-state index >= 15 is 0 Å². The molecule has 0 saturated carbocycles. The summed E-state index contributed by atoms with van der Waals surface area (Å²) in [4.78, 5) is 7.09. The minimum Gasteiger partial charge on any atom is 1.00 e. The molecule has 1 aliphatic heterocycles. The van der Waals surface area contributed by atoms with Crippen LogP contribution < -0.4 is 18.9 Å². The summed E-state index contributed by atoms with van der Waals surface area (Å²) in [7, 11) is -0.281. The standard InChI is InChI=1S/C8H16BClO2.3CH3.Li.Sn/c1-6(10)9-11-7(2,3)8(4,5)12-9;;;;;/h6H,1-5H3;3*1H3;;/q-1;;;;+1;/t6-;;;;;/m0...../s1. The van der Waals surface area contributed by atoms with Crippen LogP contribution in [-0.4, -0.2) is 43.4 Å². The fourth-order valence-corrected chi connectivity index (χ4v) is 1.18. The van der Waals surface area contributed by atoms with Gasteiger partial charge in [-0.1, -0.05) is 12.2 Å². The van der Waals surface area contributed by atoms with Crippen LogP contribution >= 0.6 is 11.6 Å². The van der Waals surface area contributed by atoms with Gasteiger partial charge in [0.2, 0.25) is 0 Å². The molecule has 0 amide bonds. The van der Waals surface area contributed by atoms with Crippen LogP contribution in [0.1, 0.15) is 34.6 Å². The van der Waals surface area contributed by atoms with Gasteiger partial charge in [0, 0.05) is 11.2 Å². The molecule has 1 fully saturated rings. The number of halogens is 1. The van der Waals surface area contributed by atoms with E-state index in [0.717, 1.165) is 0 Å². The van der Waals surface area contributed by atoms with Gasteiger partial charge in [-0.3, -0.25) is 0 Å². The van der Waals surface area contributed by atoms with Crippen LogP contribution in [0.5, 0.6) is 0 Å². The molecule has 2 nitrogen and oxygen atoms in total. The molecule has 96 valence electrons. The normalized spacial score (nSPS) is 23.6. The molecule has 0 aromatic rings. The number of hydrogen-bond acceptors (Lipinski definition) is 2. The first-order valence-electron chi connectivity index (χ1n) is 5.76. The summed E-state index contributed by atoms with van der Waals surface area (Å²) in [5.41, 5.74) is -0.526. The van der Waals surface area contributed by atoms with E-state index in [2.05, 4.69) is 14.8 Å². The van der Waals surface area contributed by atoms with Crippen molar-refractivity contribution in [2.45, 2.75) is 65.9 Å². The van der Waals surface area contributed by atoms with Gasteiger partial charge in [0.1, 0.15) is 0 Å². The SMILES string of the molecule is C[C@H](Cl)[B-]1OC(C)(C)C(C)(C)O1.[CH3][Sn]([CH3])[CH3].[Li+]. The van der Waals surface area contributed by atoms with Crippen LogP contribution in [0.2, 0.25) is 14.8 Å². The van der Waals surface area contributed by atoms with E-state index in [0.29, 0.717) is 0 Å². The summed E-state index contributed by atoms with van der Waals surface area (Å²) < 4.78 is 11.3. The first-order chi connectivity index (χ1) is 6.99. The van der Waals surface area contributed by atoms with Crippen molar-refractivity contribution in [2.24, 2.45) is 0 Å². The van der Waals surface area contributed by atoms with Gasteiger partial charge in [-0.25, -0.2) is 0 Å². The average Bonchev–Trinajstić information content (AvgIpc) is 2.20. The quantitative estimate of drug-likeness (QED) is 0.504. The number of hydrogen-bond donors (Lipinski definition) is 0. The van der Waals surface area contributed by atoms with E-state index in [1.54, 1.807) is 0 Å². The molecular weight excluding hydrogens is 336 g/mol. The van der Waals surface area contributed by atoms with Crippen molar-refractivity contribution >= 4 is 38.5 Å². The minimum absolute atomic E-state index is 0. The van der Waals surface area contributed by atoms with Gasteiger partial charge >= 0.3 is 53.4 Å². The molecule has 0 aromatic heterocycles. The molecule has 0 aliphatic carbocycles. The van der Waals surface area contributed by atoms with Crippen LogP contribution in [0, 0.1) is 0 Å². The van der Waals surface area contributed by atoms with E-state index < -0.39 is 19.8 Å². The second-order valence-electron chi connectivity index (χ2n) is 5.80. The Hall–Kier alpha value is 1.67. The molecule has 6 heteroatoms. The number of alkyl halides is 1. The van der Waals surface area contributed by atoms with E-state index in [1.807, 2.05) is 34.6 Å². The molecule has 1 atom stereocenters. The fourth-order valence-electron chi connectivity index (χ4n) is 1.08. The van der Waals surface area contributed by atoms with E-state index in [4.69, 9.17) is 20.9 Å². The third-order valence-electron chi connectivity index (χ3n) is 2.65. The largest absolute Gasteiger partial charge is 1.00 e. The zero-order valence-electron chi connectivity index (χ0n) is 12.8. The summed E-state index contributed by atoms with van der Waals surface area (Å²) in [6, 6.07) is 0. The maximum absolute atomic E-state index is 5.89. The smallest absolute Gasteiger partial charge is 1.00 e. The first-order valence-corrected chi connectivity index (χ1v) is 14.8. The second-order valence-corrected chi connectivity index (χ2v) is 15.1. The fraction of sp³-hybridized carbons (Fsp3) is 1.00. The monoisotopic (exact) mass is 362 g/mol. The van der Waals surface area contributed by atoms with Crippen LogP contribution in [0.25, 0.3) is 0 Å². The van der Waals surface area contributed by atoms with Crippen molar-refractivity contribution in [2.75, 3.05) is 0 Å². The molecule has 0 unspecified atom stereocenters. The van der Waals surface area contributed by atoms with Crippen molar-refractivity contribution in [1.29, 1.82) is 0 Å². The Morgan fingerprint density at radius 3 is 1.35 bits per heavy atom. The Kier molecular flexibility index (Phi) is 9.96. The van der Waals surface area contributed by atoms with Crippen LogP contribution in [0.4, 0.5) is 0 Å². The van der Waals surface area contributed by atoms with Gasteiger partial charge in [-0.15, -0.1) is 0 Å². The van der Waals surface area contributed by atoms with Crippen LogP contribution in [0.3, 0.4) is 0 Å². The van der Waals surface area contributed by atoms with Gasteiger partial charge in [-0.05, 0) is 27.7 Å². The summed E-state index contributed by atoms with van der Waals surface area (Å²) in [6.45, 7) is 9.96. The number of rotatable bonds is 1. The van der Waals surface area contributed by atoms with Gasteiger partial charge in [0.05, 0.1) is 0 Å². The van der Waals surface area contributed by atoms with E-state index in [9.17, 15) is 0 Å². The molecule has 1 aliphatic rings. The molecule has 1 saturated heterocycles. The zero-order valence-corrected chi connectivity index (χ0v) is 16.5. The molecule has 0 spiro atoms. The van der Waals surface area contributed by atoms with E-state index in [-0.39, 0.29) is 42.5 Å².